The molecule has 0 aliphatic carbocycles. The Morgan fingerprint density at radius 1 is 1.50 bits per heavy atom. The lowest BCUT2D eigenvalue weighted by Gasteiger charge is -2.13. The topological polar surface area (TPSA) is 71.5 Å². The Bertz CT molecular complexity index is 623. The summed E-state index contributed by atoms with van der Waals surface area (Å²) in [5.41, 5.74) is 1.66. The van der Waals surface area contributed by atoms with Crippen molar-refractivity contribution in [2.45, 2.75) is 13.8 Å². The van der Waals surface area contributed by atoms with Gasteiger partial charge < -0.3 is 15.2 Å². The lowest BCUT2D eigenvalue weighted by molar-refractivity contribution is -0.114. The van der Waals surface area contributed by atoms with Gasteiger partial charge in [0.05, 0.1) is 12.8 Å². The maximum Gasteiger partial charge on any atom is 0.221 e. The molecular weight excluding hydrogens is 232 g/mol. The van der Waals surface area contributed by atoms with Crippen molar-refractivity contribution in [2.24, 2.45) is 0 Å². The van der Waals surface area contributed by atoms with E-state index in [1.54, 1.807) is 12.3 Å². The summed E-state index contributed by atoms with van der Waals surface area (Å²) in [4.78, 5) is 15.2. The van der Waals surface area contributed by atoms with Crippen LogP contribution in [-0.2, 0) is 4.79 Å². The number of hydrogen-bond acceptors (Lipinski definition) is 4. The number of anilines is 1. The van der Waals surface area contributed by atoms with Crippen molar-refractivity contribution in [3.8, 4) is 11.5 Å². The van der Waals surface area contributed by atoms with Gasteiger partial charge in [-0.25, -0.2) is 0 Å². The van der Waals surface area contributed by atoms with Crippen molar-refractivity contribution in [1.29, 1.82) is 0 Å². The number of ether oxygens (including phenoxy) is 1. The van der Waals surface area contributed by atoms with Crippen molar-refractivity contribution in [1.82, 2.24) is 4.98 Å². The van der Waals surface area contributed by atoms with E-state index in [0.29, 0.717) is 17.0 Å². The lowest BCUT2D eigenvalue weighted by atomic mass is 10.1. The van der Waals surface area contributed by atoms with E-state index in [0.717, 1.165) is 10.9 Å². The quantitative estimate of drug-likeness (QED) is 0.797. The number of methoxy groups -OCH3 is 1. The number of phenols is 1. The molecule has 0 saturated heterocycles. The zero-order valence-corrected chi connectivity index (χ0v) is 10.4. The highest BCUT2D eigenvalue weighted by atomic mass is 16.5. The van der Waals surface area contributed by atoms with Crippen molar-refractivity contribution in [3.63, 3.8) is 0 Å². The molecule has 0 atom stereocenters. The number of carbonyl (C=O) groups excluding carboxylic acids is 1. The summed E-state index contributed by atoms with van der Waals surface area (Å²) in [7, 11) is 1.54. The van der Waals surface area contributed by atoms with Crippen LogP contribution in [0, 0.1) is 6.92 Å². The molecule has 94 valence electrons. The van der Waals surface area contributed by atoms with Crippen LogP contribution >= 0.6 is 0 Å². The van der Waals surface area contributed by atoms with Crippen LogP contribution in [0.1, 0.15) is 12.5 Å². The summed E-state index contributed by atoms with van der Waals surface area (Å²) < 4.78 is 5.28. The summed E-state index contributed by atoms with van der Waals surface area (Å²) in [5.74, 6) is 0.251. The number of phenolic OH excluding ortho intramolecular Hbond substituents is 1. The van der Waals surface area contributed by atoms with Gasteiger partial charge in [-0.1, -0.05) is 0 Å². The summed E-state index contributed by atoms with van der Waals surface area (Å²) in [5, 5.41) is 13.4. The highest BCUT2D eigenvalue weighted by Gasteiger charge is 2.15. The monoisotopic (exact) mass is 246 g/mol. The van der Waals surface area contributed by atoms with Crippen molar-refractivity contribution in [3.05, 3.63) is 23.9 Å². The Labute approximate surface area is 104 Å². The second kappa shape index (κ2) is 4.52. The Hall–Kier alpha value is -2.30. The van der Waals surface area contributed by atoms with Gasteiger partial charge in [0.1, 0.15) is 11.3 Å². The fourth-order valence-corrected chi connectivity index (χ4v) is 1.89. The molecule has 0 fully saturated rings. The van der Waals surface area contributed by atoms with Gasteiger partial charge in [-0.15, -0.1) is 0 Å². The molecule has 1 amide bonds. The van der Waals surface area contributed by atoms with Gasteiger partial charge in [-0.05, 0) is 18.6 Å². The summed E-state index contributed by atoms with van der Waals surface area (Å²) in [6.07, 6.45) is 1.61. The minimum Gasteiger partial charge on any atom is -0.504 e. The Morgan fingerprint density at radius 3 is 2.83 bits per heavy atom. The molecule has 2 rings (SSSR count). The zero-order chi connectivity index (χ0) is 13.3. The normalized spacial score (nSPS) is 10.4. The van der Waals surface area contributed by atoms with Gasteiger partial charge in [0.2, 0.25) is 5.91 Å². The molecule has 5 heteroatoms. The van der Waals surface area contributed by atoms with Gasteiger partial charge in [-0.2, -0.15) is 0 Å². The SMILES string of the molecule is COc1cc(NC(C)=O)c(O)c2nccc(C)c12. The van der Waals surface area contributed by atoms with E-state index >= 15 is 0 Å². The van der Waals surface area contributed by atoms with Crippen LogP contribution < -0.4 is 10.1 Å². The number of nitrogens with one attached hydrogen (secondary N) is 1. The highest BCUT2D eigenvalue weighted by Crippen LogP contribution is 2.39. The van der Waals surface area contributed by atoms with Crippen molar-refractivity contribution >= 4 is 22.5 Å². The number of aromatic hydroxyl groups is 1. The zero-order valence-electron chi connectivity index (χ0n) is 10.4. The molecule has 2 aromatic rings. The third-order valence-electron chi connectivity index (χ3n) is 2.69. The fourth-order valence-electron chi connectivity index (χ4n) is 1.89. The number of aromatic nitrogens is 1. The molecule has 1 aromatic heterocycles. The molecule has 0 radical (unpaired) electrons. The van der Waals surface area contributed by atoms with Gasteiger partial charge in [-0.3, -0.25) is 9.78 Å². The maximum atomic E-state index is 11.1. The Kier molecular flexibility index (Phi) is 3.06. The summed E-state index contributed by atoms with van der Waals surface area (Å²) in [6, 6.07) is 3.43. The maximum absolute atomic E-state index is 11.1. The summed E-state index contributed by atoms with van der Waals surface area (Å²) >= 11 is 0. The first-order chi connectivity index (χ1) is 8.54. The van der Waals surface area contributed by atoms with Crippen LogP contribution in [0.2, 0.25) is 0 Å². The van der Waals surface area contributed by atoms with Gasteiger partial charge in [0, 0.05) is 24.6 Å². The van der Waals surface area contributed by atoms with E-state index in [2.05, 4.69) is 10.3 Å². The average molecular weight is 246 g/mol. The predicted octanol–water partition coefficient (Wildman–Crippen LogP) is 2.22. The van der Waals surface area contributed by atoms with Gasteiger partial charge in [0.15, 0.2) is 5.75 Å². The number of rotatable bonds is 2. The second-order valence-corrected chi connectivity index (χ2v) is 4.01. The number of benzene rings is 1. The van der Waals surface area contributed by atoms with Crippen molar-refractivity contribution in [2.75, 3.05) is 12.4 Å². The third kappa shape index (κ3) is 1.95. The largest absolute Gasteiger partial charge is 0.504 e. The van der Waals surface area contributed by atoms with E-state index < -0.39 is 0 Å². The smallest absolute Gasteiger partial charge is 0.221 e. The van der Waals surface area contributed by atoms with E-state index in [1.165, 1.54) is 14.0 Å². The number of nitrogens with zero attached hydrogens (tertiary/aromatic N) is 1. The minimum absolute atomic E-state index is 0.0512. The number of carbonyl (C=O) groups is 1. The average Bonchev–Trinajstić information content (AvgIpc) is 2.32. The first-order valence-electron chi connectivity index (χ1n) is 5.47. The Morgan fingerprint density at radius 2 is 2.22 bits per heavy atom. The van der Waals surface area contributed by atoms with Crippen LogP contribution in [0.5, 0.6) is 11.5 Å². The van der Waals surface area contributed by atoms with Crippen LogP contribution in [0.15, 0.2) is 18.3 Å². The van der Waals surface area contributed by atoms with E-state index in [9.17, 15) is 9.90 Å². The molecular formula is C13H14N2O3. The fraction of sp³-hybridized carbons (Fsp3) is 0.231. The van der Waals surface area contributed by atoms with Crippen molar-refractivity contribution < 1.29 is 14.6 Å². The van der Waals surface area contributed by atoms with Crippen LogP contribution in [0.4, 0.5) is 5.69 Å². The molecule has 0 aliphatic rings. The molecule has 0 saturated carbocycles. The number of amides is 1. The molecule has 0 aliphatic heterocycles. The van der Waals surface area contributed by atoms with Crippen LogP contribution in [0.3, 0.4) is 0 Å². The van der Waals surface area contributed by atoms with E-state index in [4.69, 9.17) is 4.74 Å². The Balaban J connectivity index is 2.78. The minimum atomic E-state index is -0.264. The van der Waals surface area contributed by atoms with E-state index in [-0.39, 0.29) is 11.7 Å². The predicted molar refractivity (Wildman–Crippen MR) is 69.0 cm³/mol. The van der Waals surface area contributed by atoms with Gasteiger partial charge in [0.25, 0.3) is 0 Å². The lowest BCUT2D eigenvalue weighted by Crippen LogP contribution is -2.06. The van der Waals surface area contributed by atoms with E-state index in [1.807, 2.05) is 13.0 Å². The second-order valence-electron chi connectivity index (χ2n) is 4.01. The van der Waals surface area contributed by atoms with Crippen LogP contribution in [0.25, 0.3) is 10.9 Å². The van der Waals surface area contributed by atoms with Gasteiger partial charge >= 0.3 is 0 Å². The standard InChI is InChI=1S/C13H14N2O3/c1-7-4-5-14-12-11(7)10(18-3)6-9(13(12)17)15-8(2)16/h4-6,17H,1-3H3,(H,15,16). The third-order valence-corrected chi connectivity index (χ3v) is 2.69. The molecule has 0 spiro atoms. The highest BCUT2D eigenvalue weighted by molar-refractivity contribution is 6.01. The molecule has 18 heavy (non-hydrogen) atoms. The molecule has 1 heterocycles. The summed E-state index contributed by atoms with van der Waals surface area (Å²) in [6.45, 7) is 3.28. The first kappa shape index (κ1) is 12.2. The number of fused-ring (bicyclic) bond motifs is 1. The first-order valence-corrected chi connectivity index (χ1v) is 5.47. The number of hydrogen-bond donors (Lipinski definition) is 2. The molecule has 2 N–H and O–H groups in total. The molecule has 0 bridgehead atoms. The molecule has 1 aromatic carbocycles. The molecule has 0 unspecified atom stereocenters. The van der Waals surface area contributed by atoms with Crippen LogP contribution in [-0.4, -0.2) is 23.1 Å². The molecule has 5 nitrogen and oxygen atoms in total. The number of pyridine rings is 1. The number of aryl methyl sites for hydroxylation is 1.